The predicted molar refractivity (Wildman–Crippen MR) is 54.6 cm³/mol. The van der Waals surface area contributed by atoms with Crippen LogP contribution < -0.4 is 11.1 Å². The molecule has 76 valence electrons. The molecule has 0 spiro atoms. The van der Waals surface area contributed by atoms with E-state index in [2.05, 4.69) is 5.32 Å². The minimum absolute atomic E-state index is 0.0398. The lowest BCUT2D eigenvalue weighted by molar-refractivity contribution is -0.117. The van der Waals surface area contributed by atoms with Crippen molar-refractivity contribution in [2.45, 2.75) is 19.6 Å². The number of hydrogen-bond donors (Lipinski definition) is 3. The van der Waals surface area contributed by atoms with Gasteiger partial charge < -0.3 is 16.2 Å². The summed E-state index contributed by atoms with van der Waals surface area (Å²) in [6.45, 7) is 1.58. The van der Waals surface area contributed by atoms with E-state index >= 15 is 0 Å². The highest BCUT2D eigenvalue weighted by molar-refractivity contribution is 5.94. The van der Waals surface area contributed by atoms with E-state index in [1.165, 1.54) is 0 Å². The van der Waals surface area contributed by atoms with Gasteiger partial charge in [-0.05, 0) is 24.6 Å². The number of hydrogen-bond acceptors (Lipinski definition) is 3. The number of carbonyl (C=O) groups is 1. The molecule has 4 nitrogen and oxygen atoms in total. The first-order chi connectivity index (χ1) is 6.63. The lowest BCUT2D eigenvalue weighted by atomic mass is 10.2. The van der Waals surface area contributed by atoms with Gasteiger partial charge in [0.2, 0.25) is 5.91 Å². The summed E-state index contributed by atoms with van der Waals surface area (Å²) in [7, 11) is 0. The van der Waals surface area contributed by atoms with Gasteiger partial charge >= 0.3 is 0 Å². The zero-order valence-electron chi connectivity index (χ0n) is 8.03. The third kappa shape index (κ3) is 2.83. The summed E-state index contributed by atoms with van der Waals surface area (Å²) in [5, 5.41) is 11.5. The van der Waals surface area contributed by atoms with Gasteiger partial charge in [0.15, 0.2) is 0 Å². The topological polar surface area (TPSA) is 75.4 Å². The number of aliphatic hydroxyl groups excluding tert-OH is 1. The van der Waals surface area contributed by atoms with Crippen molar-refractivity contribution in [2.24, 2.45) is 5.73 Å². The molecule has 0 saturated carbocycles. The second-order valence-corrected chi connectivity index (χ2v) is 3.14. The van der Waals surface area contributed by atoms with Crippen LogP contribution in [0.15, 0.2) is 24.3 Å². The number of amides is 1. The van der Waals surface area contributed by atoms with Crippen LogP contribution in [-0.2, 0) is 11.4 Å². The smallest absolute Gasteiger partial charge is 0.240 e. The van der Waals surface area contributed by atoms with Crippen LogP contribution in [0.25, 0.3) is 0 Å². The zero-order chi connectivity index (χ0) is 10.6. The van der Waals surface area contributed by atoms with Gasteiger partial charge in [-0.15, -0.1) is 0 Å². The number of aliphatic hydroxyl groups is 1. The molecule has 0 aliphatic carbocycles. The van der Waals surface area contributed by atoms with Crippen LogP contribution in [0.3, 0.4) is 0 Å². The second-order valence-electron chi connectivity index (χ2n) is 3.14. The molecule has 1 aromatic carbocycles. The van der Waals surface area contributed by atoms with Gasteiger partial charge in [0, 0.05) is 5.69 Å². The van der Waals surface area contributed by atoms with Crippen molar-refractivity contribution in [2.75, 3.05) is 5.32 Å². The van der Waals surface area contributed by atoms with Crippen LogP contribution in [0, 0.1) is 0 Å². The summed E-state index contributed by atoms with van der Waals surface area (Å²) in [4.78, 5) is 11.2. The molecule has 0 bridgehead atoms. The fourth-order valence-corrected chi connectivity index (χ4v) is 1.00. The Morgan fingerprint density at radius 3 is 2.93 bits per heavy atom. The van der Waals surface area contributed by atoms with E-state index in [-0.39, 0.29) is 12.5 Å². The van der Waals surface area contributed by atoms with E-state index in [9.17, 15) is 4.79 Å². The van der Waals surface area contributed by atoms with Crippen LogP contribution >= 0.6 is 0 Å². The van der Waals surface area contributed by atoms with Crippen LogP contribution in [0.1, 0.15) is 12.5 Å². The third-order valence-corrected chi connectivity index (χ3v) is 1.79. The predicted octanol–water partition coefficient (Wildman–Crippen LogP) is 0.465. The van der Waals surface area contributed by atoms with Crippen molar-refractivity contribution in [1.82, 2.24) is 0 Å². The number of nitrogens with one attached hydrogen (secondary N) is 1. The molecule has 14 heavy (non-hydrogen) atoms. The first-order valence-corrected chi connectivity index (χ1v) is 4.39. The van der Waals surface area contributed by atoms with Gasteiger partial charge in [-0.1, -0.05) is 12.1 Å². The maximum atomic E-state index is 11.2. The standard InChI is InChI=1S/C10H14N2O2/c1-7(11)10(14)12-9-4-2-3-8(5-9)6-13/h2-5,7,13H,6,11H2,1H3,(H,12,14). The quantitative estimate of drug-likeness (QED) is 0.654. The molecular weight excluding hydrogens is 180 g/mol. The Hall–Kier alpha value is -1.39. The molecule has 0 saturated heterocycles. The summed E-state index contributed by atoms with van der Waals surface area (Å²) < 4.78 is 0. The summed E-state index contributed by atoms with van der Waals surface area (Å²) in [5.74, 6) is -0.236. The molecule has 4 N–H and O–H groups in total. The monoisotopic (exact) mass is 194 g/mol. The SMILES string of the molecule is CC(N)C(=O)Nc1cccc(CO)c1. The highest BCUT2D eigenvalue weighted by Crippen LogP contribution is 2.10. The van der Waals surface area contributed by atoms with E-state index in [1.54, 1.807) is 31.2 Å². The Morgan fingerprint density at radius 1 is 1.64 bits per heavy atom. The fraction of sp³-hybridized carbons (Fsp3) is 0.300. The zero-order valence-corrected chi connectivity index (χ0v) is 8.03. The normalized spacial score (nSPS) is 12.2. The summed E-state index contributed by atoms with van der Waals surface area (Å²) >= 11 is 0. The minimum atomic E-state index is -0.534. The average molecular weight is 194 g/mol. The summed E-state index contributed by atoms with van der Waals surface area (Å²) in [6, 6.07) is 6.47. The largest absolute Gasteiger partial charge is 0.392 e. The molecule has 1 amide bonds. The average Bonchev–Trinajstić information content (AvgIpc) is 2.18. The third-order valence-electron chi connectivity index (χ3n) is 1.79. The van der Waals surface area contributed by atoms with E-state index in [4.69, 9.17) is 10.8 Å². The van der Waals surface area contributed by atoms with Crippen LogP contribution in [0.4, 0.5) is 5.69 Å². The Balaban J connectivity index is 2.72. The van der Waals surface area contributed by atoms with E-state index in [0.29, 0.717) is 5.69 Å². The van der Waals surface area contributed by atoms with Gasteiger partial charge in [0.1, 0.15) is 0 Å². The van der Waals surface area contributed by atoms with Crippen LogP contribution in [0.2, 0.25) is 0 Å². The van der Waals surface area contributed by atoms with Gasteiger partial charge in [0.25, 0.3) is 0 Å². The molecule has 0 radical (unpaired) electrons. The number of rotatable bonds is 3. The molecule has 0 aliphatic rings. The lowest BCUT2D eigenvalue weighted by Crippen LogP contribution is -2.32. The first-order valence-electron chi connectivity index (χ1n) is 4.39. The molecule has 1 atom stereocenters. The molecule has 1 rings (SSSR count). The Morgan fingerprint density at radius 2 is 2.36 bits per heavy atom. The van der Waals surface area contributed by atoms with E-state index < -0.39 is 6.04 Å². The number of carbonyl (C=O) groups excluding carboxylic acids is 1. The Labute approximate surface area is 82.7 Å². The van der Waals surface area contributed by atoms with Crippen molar-refractivity contribution < 1.29 is 9.90 Å². The molecule has 0 aliphatic heterocycles. The van der Waals surface area contributed by atoms with Crippen LogP contribution in [0.5, 0.6) is 0 Å². The van der Waals surface area contributed by atoms with E-state index in [0.717, 1.165) is 5.56 Å². The second kappa shape index (κ2) is 4.74. The minimum Gasteiger partial charge on any atom is -0.392 e. The summed E-state index contributed by atoms with van der Waals surface area (Å²) in [5.41, 5.74) is 6.80. The Bertz CT molecular complexity index is 324. The Kier molecular flexibility index (Phi) is 3.62. The number of anilines is 1. The fourth-order valence-electron chi connectivity index (χ4n) is 1.00. The highest BCUT2D eigenvalue weighted by atomic mass is 16.3. The number of benzene rings is 1. The highest BCUT2D eigenvalue weighted by Gasteiger charge is 2.06. The van der Waals surface area contributed by atoms with Crippen molar-refractivity contribution in [3.8, 4) is 0 Å². The van der Waals surface area contributed by atoms with Crippen molar-refractivity contribution >= 4 is 11.6 Å². The van der Waals surface area contributed by atoms with Crippen molar-refractivity contribution in [3.05, 3.63) is 29.8 Å². The molecule has 0 aromatic heterocycles. The molecule has 1 unspecified atom stereocenters. The molecular formula is C10H14N2O2. The van der Waals surface area contributed by atoms with Gasteiger partial charge in [-0.25, -0.2) is 0 Å². The van der Waals surface area contributed by atoms with Crippen molar-refractivity contribution in [3.63, 3.8) is 0 Å². The van der Waals surface area contributed by atoms with Gasteiger partial charge in [-0.2, -0.15) is 0 Å². The molecule has 1 aromatic rings. The summed E-state index contributed by atoms with van der Waals surface area (Å²) in [6.07, 6.45) is 0. The van der Waals surface area contributed by atoms with Gasteiger partial charge in [0.05, 0.1) is 12.6 Å². The van der Waals surface area contributed by atoms with E-state index in [1.807, 2.05) is 0 Å². The molecule has 0 fully saturated rings. The number of nitrogens with two attached hydrogens (primary N) is 1. The lowest BCUT2D eigenvalue weighted by Gasteiger charge is -2.08. The maximum absolute atomic E-state index is 11.2. The molecule has 4 heteroatoms. The van der Waals surface area contributed by atoms with Gasteiger partial charge in [-0.3, -0.25) is 4.79 Å². The maximum Gasteiger partial charge on any atom is 0.240 e. The van der Waals surface area contributed by atoms with Crippen molar-refractivity contribution in [1.29, 1.82) is 0 Å². The van der Waals surface area contributed by atoms with Crippen LogP contribution in [-0.4, -0.2) is 17.1 Å². The first kappa shape index (κ1) is 10.7. The molecule has 0 heterocycles.